The molecule has 1 fully saturated rings. The van der Waals surface area contributed by atoms with E-state index in [2.05, 4.69) is 4.98 Å². The molecule has 11 heteroatoms. The quantitative estimate of drug-likeness (QED) is 0.413. The zero-order valence-electron chi connectivity index (χ0n) is 19.9. The number of H-pyrrole nitrogens is 1. The minimum atomic E-state index is -3.16. The summed E-state index contributed by atoms with van der Waals surface area (Å²) >= 11 is 0. The lowest BCUT2D eigenvalue weighted by atomic mass is 9.95. The Hall–Kier alpha value is -3.67. The van der Waals surface area contributed by atoms with Crippen LogP contribution < -0.4 is 11.2 Å². The number of benzene rings is 2. The highest BCUT2D eigenvalue weighted by Crippen LogP contribution is 2.44. The molecule has 0 bridgehead atoms. The summed E-state index contributed by atoms with van der Waals surface area (Å²) in [5, 5.41) is 0. The van der Waals surface area contributed by atoms with Gasteiger partial charge in [-0.1, -0.05) is 60.7 Å². The van der Waals surface area contributed by atoms with Crippen LogP contribution in [0, 0.1) is 0 Å². The van der Waals surface area contributed by atoms with Crippen molar-refractivity contribution in [1.82, 2.24) is 9.55 Å². The summed E-state index contributed by atoms with van der Waals surface area (Å²) in [5.74, 6) is -0.792. The van der Waals surface area contributed by atoms with Gasteiger partial charge in [-0.3, -0.25) is 19.1 Å². The normalized spacial score (nSPS) is 23.3. The van der Waals surface area contributed by atoms with Crippen LogP contribution in [0.15, 0.2) is 82.5 Å². The first-order chi connectivity index (χ1) is 17.8. The van der Waals surface area contributed by atoms with Crippen LogP contribution in [0.25, 0.3) is 0 Å². The molecule has 0 radical (unpaired) electrons. The number of carbonyl (C=O) groups is 1. The average Bonchev–Trinajstić information content (AvgIpc) is 3.17. The minimum absolute atomic E-state index is 0.00553. The van der Waals surface area contributed by atoms with E-state index in [4.69, 9.17) is 18.9 Å². The van der Waals surface area contributed by atoms with E-state index in [0.29, 0.717) is 5.56 Å². The number of hydrogen-bond donors (Lipinski definition) is 1. The lowest BCUT2D eigenvalue weighted by Crippen LogP contribution is -2.54. The fourth-order valence-electron chi connectivity index (χ4n) is 4.19. The number of rotatable bonds is 10. The number of aromatic amines is 1. The topological polar surface area (TPSA) is 109 Å². The number of ether oxygens (including phenoxy) is 4. The van der Waals surface area contributed by atoms with Gasteiger partial charge in [0.15, 0.2) is 17.9 Å². The highest BCUT2D eigenvalue weighted by atomic mass is 19.3. The zero-order valence-corrected chi connectivity index (χ0v) is 19.9. The maximum Gasteiger partial charge on any atom is 0.330 e. The molecule has 0 saturated carbocycles. The van der Waals surface area contributed by atoms with Crippen molar-refractivity contribution in [2.45, 2.75) is 50.6 Å². The highest BCUT2D eigenvalue weighted by molar-refractivity contribution is 5.66. The maximum absolute atomic E-state index is 14.9. The summed E-state index contributed by atoms with van der Waals surface area (Å²) < 4.78 is 53.5. The Labute approximate surface area is 210 Å². The number of carbonyl (C=O) groups excluding carboxylic acids is 1. The number of hydrogen-bond acceptors (Lipinski definition) is 7. The van der Waals surface area contributed by atoms with Crippen LogP contribution in [0.2, 0.25) is 0 Å². The molecular weight excluding hydrogens is 490 g/mol. The van der Waals surface area contributed by atoms with Crippen LogP contribution in [0.4, 0.5) is 8.78 Å². The summed E-state index contributed by atoms with van der Waals surface area (Å²) in [4.78, 5) is 38.2. The van der Waals surface area contributed by atoms with Crippen LogP contribution in [0.5, 0.6) is 0 Å². The fraction of sp³-hybridized carbons (Fsp3) is 0.346. The molecule has 3 aromatic rings. The molecule has 37 heavy (non-hydrogen) atoms. The molecular formula is C26H26F2N2O7. The molecule has 196 valence electrons. The first-order valence-corrected chi connectivity index (χ1v) is 11.5. The zero-order chi connectivity index (χ0) is 26.4. The van der Waals surface area contributed by atoms with E-state index in [1.165, 1.54) is 0 Å². The minimum Gasteiger partial charge on any atom is -0.455 e. The van der Waals surface area contributed by atoms with E-state index in [9.17, 15) is 23.2 Å². The number of halogens is 2. The predicted molar refractivity (Wildman–Crippen MR) is 127 cm³/mol. The van der Waals surface area contributed by atoms with Crippen molar-refractivity contribution in [2.24, 2.45) is 0 Å². The molecule has 0 amide bonds. The number of nitrogens with zero attached hydrogens (tertiary/aromatic N) is 1. The van der Waals surface area contributed by atoms with Crippen molar-refractivity contribution in [3.05, 3.63) is 105 Å². The second-order valence-corrected chi connectivity index (χ2v) is 8.55. The molecule has 1 N–H and O–H groups in total. The lowest BCUT2D eigenvalue weighted by molar-refractivity contribution is -0.215. The maximum atomic E-state index is 14.9. The molecule has 1 saturated heterocycles. The summed E-state index contributed by atoms with van der Waals surface area (Å²) in [6.45, 7) is 0.374. The van der Waals surface area contributed by atoms with Gasteiger partial charge in [0, 0.05) is 19.2 Å². The van der Waals surface area contributed by atoms with Gasteiger partial charge in [-0.05, 0) is 11.1 Å². The number of aromatic nitrogens is 2. The van der Waals surface area contributed by atoms with E-state index in [0.717, 1.165) is 29.3 Å². The fourth-order valence-corrected chi connectivity index (χ4v) is 4.19. The van der Waals surface area contributed by atoms with Crippen LogP contribution in [0.3, 0.4) is 0 Å². The van der Waals surface area contributed by atoms with Gasteiger partial charge in [0.25, 0.3) is 12.0 Å². The van der Waals surface area contributed by atoms with E-state index < -0.39 is 54.3 Å². The molecule has 1 aliphatic heterocycles. The molecule has 1 aliphatic rings. The average molecular weight is 516 g/mol. The summed E-state index contributed by atoms with van der Waals surface area (Å²) in [5.41, 5.74) is -2.60. The van der Waals surface area contributed by atoms with Crippen LogP contribution in [-0.2, 0) is 37.0 Å². The van der Waals surface area contributed by atoms with Crippen molar-refractivity contribution in [3.63, 3.8) is 0 Å². The third-order valence-corrected chi connectivity index (χ3v) is 5.91. The van der Waals surface area contributed by atoms with E-state index in [1.54, 1.807) is 54.6 Å². The van der Waals surface area contributed by atoms with Gasteiger partial charge >= 0.3 is 11.7 Å². The first kappa shape index (κ1) is 26.4. The van der Waals surface area contributed by atoms with Gasteiger partial charge in [0.1, 0.15) is 6.10 Å². The van der Waals surface area contributed by atoms with E-state index in [1.807, 2.05) is 6.07 Å². The third kappa shape index (κ3) is 6.01. The summed E-state index contributed by atoms with van der Waals surface area (Å²) in [6.07, 6.45) is -6.59. The standard InChI is InChI=1S/C26H26F2N2O7/c1-17(31)36-21-22(35-15-19-10-6-3-7-11-19)26(24(27)28,16-34-14-18-8-4-2-5-9-18)37-23(21)30-13-12-20(32)29-25(30)33/h2-13,21-24H,14-16H2,1H3,(H,29,32,33)/t21-,22-,23+,26+/m0/s1. The molecule has 4 rings (SSSR count). The third-order valence-electron chi connectivity index (χ3n) is 5.91. The molecule has 2 heterocycles. The van der Waals surface area contributed by atoms with Crippen LogP contribution in [-0.4, -0.2) is 46.4 Å². The van der Waals surface area contributed by atoms with Gasteiger partial charge < -0.3 is 18.9 Å². The van der Waals surface area contributed by atoms with Crippen LogP contribution >= 0.6 is 0 Å². The molecule has 2 aromatic carbocycles. The monoisotopic (exact) mass is 516 g/mol. The van der Waals surface area contributed by atoms with Gasteiger partial charge in [0.05, 0.1) is 19.8 Å². The van der Waals surface area contributed by atoms with Crippen molar-refractivity contribution in [1.29, 1.82) is 0 Å². The molecule has 9 nitrogen and oxygen atoms in total. The summed E-state index contributed by atoms with van der Waals surface area (Å²) in [7, 11) is 0. The number of nitrogens with one attached hydrogen (secondary N) is 1. The Morgan fingerprint density at radius 2 is 1.65 bits per heavy atom. The Morgan fingerprint density at radius 3 is 2.22 bits per heavy atom. The predicted octanol–water partition coefficient (Wildman–Crippen LogP) is 2.80. The smallest absolute Gasteiger partial charge is 0.330 e. The molecule has 1 aromatic heterocycles. The Balaban J connectivity index is 1.72. The Bertz CT molecular complexity index is 1300. The van der Waals surface area contributed by atoms with Gasteiger partial charge in [-0.2, -0.15) is 0 Å². The second-order valence-electron chi connectivity index (χ2n) is 8.55. The van der Waals surface area contributed by atoms with E-state index in [-0.39, 0.29) is 13.2 Å². The van der Waals surface area contributed by atoms with Gasteiger partial charge in [-0.25, -0.2) is 13.6 Å². The first-order valence-electron chi connectivity index (χ1n) is 11.5. The molecule has 0 unspecified atom stereocenters. The van der Waals surface area contributed by atoms with Gasteiger partial charge in [0.2, 0.25) is 0 Å². The van der Waals surface area contributed by atoms with Crippen molar-refractivity contribution in [2.75, 3.05) is 6.61 Å². The lowest BCUT2D eigenvalue weighted by Gasteiger charge is -2.33. The van der Waals surface area contributed by atoms with E-state index >= 15 is 0 Å². The molecule has 0 spiro atoms. The second kappa shape index (κ2) is 11.6. The molecule has 4 atom stereocenters. The van der Waals surface area contributed by atoms with Crippen LogP contribution in [0.1, 0.15) is 24.3 Å². The summed E-state index contributed by atoms with van der Waals surface area (Å²) in [6, 6.07) is 18.8. The van der Waals surface area contributed by atoms with Gasteiger partial charge in [-0.15, -0.1) is 0 Å². The number of alkyl halides is 2. The number of esters is 1. The Kier molecular flexibility index (Phi) is 8.27. The van der Waals surface area contributed by atoms with Crippen molar-refractivity contribution < 1.29 is 32.5 Å². The van der Waals surface area contributed by atoms with Crippen molar-refractivity contribution in [3.8, 4) is 0 Å². The van der Waals surface area contributed by atoms with Crippen molar-refractivity contribution >= 4 is 5.97 Å². The Morgan fingerprint density at radius 1 is 1.03 bits per heavy atom. The molecule has 0 aliphatic carbocycles. The largest absolute Gasteiger partial charge is 0.455 e. The highest BCUT2D eigenvalue weighted by Gasteiger charge is 2.63. The SMILES string of the molecule is CC(=O)O[C@@H]1[C@H](n2ccc(=O)[nH]c2=O)O[C@@](COCc2ccccc2)(C(F)F)[C@H]1OCc1ccccc1.